The number of carbonyl (C=O) groups excluding carboxylic acids is 1. The summed E-state index contributed by atoms with van der Waals surface area (Å²) in [5.41, 5.74) is 7.49. The Hall–Kier alpha value is -2.95. The summed E-state index contributed by atoms with van der Waals surface area (Å²) in [6.07, 6.45) is 1.67. The molecule has 0 aliphatic heterocycles. The highest BCUT2D eigenvalue weighted by Gasteiger charge is 2.07. The minimum atomic E-state index is -0.179. The fourth-order valence-electron chi connectivity index (χ4n) is 2.65. The lowest BCUT2D eigenvalue weighted by Gasteiger charge is -2.07. The van der Waals surface area contributed by atoms with E-state index in [2.05, 4.69) is 41.5 Å². The first kappa shape index (κ1) is 16.9. The van der Waals surface area contributed by atoms with Gasteiger partial charge in [0, 0.05) is 0 Å². The predicted molar refractivity (Wildman–Crippen MR) is 101 cm³/mol. The van der Waals surface area contributed by atoms with E-state index in [1.807, 2.05) is 47.9 Å². The molecule has 0 unspecified atom stereocenters. The van der Waals surface area contributed by atoms with Gasteiger partial charge in [0.2, 0.25) is 0 Å². The predicted octanol–water partition coefficient (Wildman–Crippen LogP) is 3.70. The Morgan fingerprint density at radius 2 is 1.88 bits per heavy atom. The zero-order valence-corrected chi connectivity index (χ0v) is 14.7. The van der Waals surface area contributed by atoms with E-state index in [4.69, 9.17) is 0 Å². The van der Waals surface area contributed by atoms with Crippen LogP contribution >= 0.6 is 0 Å². The van der Waals surface area contributed by atoms with Gasteiger partial charge in [-0.25, -0.2) is 10.4 Å². The number of rotatable bonds is 5. The topological polar surface area (TPSA) is 59.3 Å². The van der Waals surface area contributed by atoms with E-state index in [1.54, 1.807) is 6.33 Å². The minimum Gasteiger partial charge on any atom is -0.321 e. The second kappa shape index (κ2) is 7.30. The number of amides is 1. The Bertz CT molecular complexity index is 907. The van der Waals surface area contributed by atoms with Crippen LogP contribution in [0.3, 0.4) is 0 Å². The second-order valence-electron chi connectivity index (χ2n) is 6.37. The summed E-state index contributed by atoms with van der Waals surface area (Å²) in [5.74, 6) is 0.317. The molecule has 0 spiro atoms. The van der Waals surface area contributed by atoms with Crippen LogP contribution in [0.1, 0.15) is 37.8 Å². The molecule has 1 aromatic heterocycles. The maximum atomic E-state index is 12.2. The molecule has 0 radical (unpaired) electrons. The molecule has 128 valence electrons. The Kier molecular flexibility index (Phi) is 4.93. The van der Waals surface area contributed by atoms with Gasteiger partial charge >= 0.3 is 0 Å². The molecule has 2 aromatic carbocycles. The van der Waals surface area contributed by atoms with Gasteiger partial charge in [0.1, 0.15) is 6.54 Å². The molecule has 0 saturated carbocycles. The third-order valence-electron chi connectivity index (χ3n) is 4.18. The largest absolute Gasteiger partial charge is 0.321 e. The van der Waals surface area contributed by atoms with Crippen molar-refractivity contribution in [2.75, 3.05) is 0 Å². The van der Waals surface area contributed by atoms with Gasteiger partial charge in [-0.1, -0.05) is 50.2 Å². The average Bonchev–Trinajstić information content (AvgIpc) is 3.03. The van der Waals surface area contributed by atoms with Crippen molar-refractivity contribution in [1.82, 2.24) is 15.0 Å². The quantitative estimate of drug-likeness (QED) is 0.571. The molecule has 1 heterocycles. The van der Waals surface area contributed by atoms with Crippen LogP contribution in [0.2, 0.25) is 0 Å². The van der Waals surface area contributed by atoms with Crippen LogP contribution in [0.15, 0.2) is 60.0 Å². The molecule has 0 fully saturated rings. The highest BCUT2D eigenvalue weighted by Crippen LogP contribution is 2.15. The third-order valence-corrected chi connectivity index (χ3v) is 4.18. The van der Waals surface area contributed by atoms with E-state index >= 15 is 0 Å². The molecular formula is C20H22N4O. The number of carbonyl (C=O) groups is 1. The SMILES string of the molecule is C/C(=N/NC(=O)Cn1cnc2ccccc21)c1ccc(C(C)C)cc1. The van der Waals surface area contributed by atoms with Crippen molar-refractivity contribution >= 4 is 22.7 Å². The van der Waals surface area contributed by atoms with E-state index in [-0.39, 0.29) is 12.5 Å². The van der Waals surface area contributed by atoms with E-state index in [1.165, 1.54) is 5.56 Å². The van der Waals surface area contributed by atoms with E-state index < -0.39 is 0 Å². The van der Waals surface area contributed by atoms with Crippen molar-refractivity contribution in [3.05, 3.63) is 66.0 Å². The Labute approximate surface area is 147 Å². The van der Waals surface area contributed by atoms with E-state index in [0.717, 1.165) is 22.3 Å². The summed E-state index contributed by atoms with van der Waals surface area (Å²) in [5, 5.41) is 4.21. The van der Waals surface area contributed by atoms with Gasteiger partial charge in [-0.2, -0.15) is 5.10 Å². The molecule has 1 N–H and O–H groups in total. The zero-order chi connectivity index (χ0) is 17.8. The van der Waals surface area contributed by atoms with Gasteiger partial charge in [0.15, 0.2) is 0 Å². The number of hydrogen-bond donors (Lipinski definition) is 1. The fourth-order valence-corrected chi connectivity index (χ4v) is 2.65. The van der Waals surface area contributed by atoms with Crippen LogP contribution in [0.5, 0.6) is 0 Å². The highest BCUT2D eigenvalue weighted by atomic mass is 16.2. The van der Waals surface area contributed by atoms with E-state index in [9.17, 15) is 4.79 Å². The van der Waals surface area contributed by atoms with E-state index in [0.29, 0.717) is 5.92 Å². The Morgan fingerprint density at radius 1 is 1.16 bits per heavy atom. The van der Waals surface area contributed by atoms with Crippen molar-refractivity contribution in [2.45, 2.75) is 33.2 Å². The van der Waals surface area contributed by atoms with Gasteiger partial charge in [-0.15, -0.1) is 0 Å². The number of hydrogen-bond acceptors (Lipinski definition) is 3. The molecule has 5 heteroatoms. The molecule has 0 atom stereocenters. The summed E-state index contributed by atoms with van der Waals surface area (Å²) in [6.45, 7) is 6.40. The summed E-state index contributed by atoms with van der Waals surface area (Å²) in [6, 6.07) is 16.0. The van der Waals surface area contributed by atoms with Crippen LogP contribution in [-0.4, -0.2) is 21.2 Å². The lowest BCUT2D eigenvalue weighted by Crippen LogP contribution is -2.24. The second-order valence-corrected chi connectivity index (χ2v) is 6.37. The van der Waals surface area contributed by atoms with Crippen LogP contribution in [-0.2, 0) is 11.3 Å². The van der Waals surface area contributed by atoms with Crippen molar-refractivity contribution in [1.29, 1.82) is 0 Å². The molecule has 0 aliphatic rings. The number of benzene rings is 2. The maximum absolute atomic E-state index is 12.2. The van der Waals surface area contributed by atoms with Gasteiger partial charge < -0.3 is 4.57 Å². The van der Waals surface area contributed by atoms with Gasteiger partial charge in [-0.05, 0) is 36.1 Å². The monoisotopic (exact) mass is 334 g/mol. The summed E-state index contributed by atoms with van der Waals surface area (Å²) in [7, 11) is 0. The molecule has 3 aromatic rings. The molecule has 5 nitrogen and oxygen atoms in total. The van der Waals surface area contributed by atoms with Crippen molar-refractivity contribution < 1.29 is 4.79 Å². The highest BCUT2D eigenvalue weighted by molar-refractivity contribution is 5.99. The first-order valence-corrected chi connectivity index (χ1v) is 8.38. The standard InChI is InChI=1S/C20H22N4O/c1-14(2)16-8-10-17(11-9-16)15(3)22-23-20(25)12-24-13-21-18-6-4-5-7-19(18)24/h4-11,13-14H,12H2,1-3H3,(H,23,25)/b22-15-. The zero-order valence-electron chi connectivity index (χ0n) is 14.7. The van der Waals surface area contributed by atoms with Gasteiger partial charge in [0.25, 0.3) is 5.91 Å². The number of fused-ring (bicyclic) bond motifs is 1. The first-order chi connectivity index (χ1) is 12.0. The van der Waals surface area contributed by atoms with Gasteiger partial charge in [0.05, 0.1) is 23.1 Å². The molecule has 0 bridgehead atoms. The summed E-state index contributed by atoms with van der Waals surface area (Å²) in [4.78, 5) is 16.5. The molecule has 1 amide bonds. The number of nitrogens with one attached hydrogen (secondary N) is 1. The number of nitrogens with zero attached hydrogens (tertiary/aromatic N) is 3. The average molecular weight is 334 g/mol. The van der Waals surface area contributed by atoms with Crippen LogP contribution in [0.4, 0.5) is 0 Å². The molecule has 0 saturated heterocycles. The number of hydrazone groups is 1. The van der Waals surface area contributed by atoms with Crippen molar-refractivity contribution in [3.63, 3.8) is 0 Å². The van der Waals surface area contributed by atoms with Crippen LogP contribution < -0.4 is 5.43 Å². The van der Waals surface area contributed by atoms with Crippen LogP contribution in [0, 0.1) is 0 Å². The minimum absolute atomic E-state index is 0.179. The molecule has 25 heavy (non-hydrogen) atoms. The molecular weight excluding hydrogens is 312 g/mol. The molecule has 3 rings (SSSR count). The lowest BCUT2D eigenvalue weighted by atomic mass is 10.0. The van der Waals surface area contributed by atoms with Gasteiger partial charge in [-0.3, -0.25) is 4.79 Å². The summed E-state index contributed by atoms with van der Waals surface area (Å²) < 4.78 is 1.81. The maximum Gasteiger partial charge on any atom is 0.260 e. The Balaban J connectivity index is 1.65. The number of para-hydroxylation sites is 2. The normalized spacial score (nSPS) is 11.9. The van der Waals surface area contributed by atoms with Crippen molar-refractivity contribution in [3.8, 4) is 0 Å². The third kappa shape index (κ3) is 3.94. The smallest absolute Gasteiger partial charge is 0.260 e. The fraction of sp³-hybridized carbons (Fsp3) is 0.250. The number of imidazole rings is 1. The van der Waals surface area contributed by atoms with Crippen LogP contribution in [0.25, 0.3) is 11.0 Å². The first-order valence-electron chi connectivity index (χ1n) is 8.38. The van der Waals surface area contributed by atoms with Crippen molar-refractivity contribution in [2.24, 2.45) is 5.10 Å². The Morgan fingerprint density at radius 3 is 2.60 bits per heavy atom. The lowest BCUT2D eigenvalue weighted by molar-refractivity contribution is -0.121. The summed E-state index contributed by atoms with van der Waals surface area (Å²) >= 11 is 0. The number of aromatic nitrogens is 2. The molecule has 0 aliphatic carbocycles.